The van der Waals surface area contributed by atoms with Crippen LogP contribution in [0.4, 0.5) is 5.69 Å². The minimum atomic E-state index is -0.534. The molecular formula is C25H23BrClN3O4. The summed E-state index contributed by atoms with van der Waals surface area (Å²) in [4.78, 5) is 24.1. The van der Waals surface area contributed by atoms with Crippen molar-refractivity contribution in [1.29, 1.82) is 0 Å². The Morgan fingerprint density at radius 3 is 2.50 bits per heavy atom. The average Bonchev–Trinajstić information content (AvgIpc) is 2.81. The number of hydrogen-bond acceptors (Lipinski definition) is 5. The van der Waals surface area contributed by atoms with Gasteiger partial charge in [0, 0.05) is 9.50 Å². The third-order valence-electron chi connectivity index (χ3n) is 4.45. The largest absolute Gasteiger partial charge is 0.490 e. The van der Waals surface area contributed by atoms with Crippen molar-refractivity contribution in [3.63, 3.8) is 0 Å². The van der Waals surface area contributed by atoms with Crippen LogP contribution in [0.15, 0.2) is 76.3 Å². The topological polar surface area (TPSA) is 89.0 Å². The number of benzene rings is 3. The van der Waals surface area contributed by atoms with Crippen LogP contribution < -0.4 is 20.2 Å². The molecule has 0 atom stereocenters. The molecule has 3 aromatic rings. The first-order valence-corrected chi connectivity index (χ1v) is 11.6. The molecule has 0 unspecified atom stereocenters. The first-order chi connectivity index (χ1) is 16.4. The molecule has 9 heteroatoms. The number of carbonyl (C=O) groups excluding carboxylic acids is 2. The molecule has 3 aromatic carbocycles. The number of hydrazone groups is 1. The quantitative estimate of drug-likeness (QED) is 0.199. The summed E-state index contributed by atoms with van der Waals surface area (Å²) in [6.07, 6.45) is 1.11. The minimum absolute atomic E-state index is 0.361. The Morgan fingerprint density at radius 1 is 1.00 bits per heavy atom. The third-order valence-corrected chi connectivity index (χ3v) is 5.39. The van der Waals surface area contributed by atoms with Gasteiger partial charge in [0.15, 0.2) is 11.5 Å². The maximum atomic E-state index is 12.1. The van der Waals surface area contributed by atoms with Crippen molar-refractivity contribution >= 4 is 51.2 Å². The maximum absolute atomic E-state index is 12.1. The summed E-state index contributed by atoms with van der Waals surface area (Å²) in [6, 6.07) is 19.9. The van der Waals surface area contributed by atoms with E-state index in [0.717, 1.165) is 10.0 Å². The summed E-state index contributed by atoms with van der Waals surface area (Å²) in [5.74, 6) is 0.162. The van der Waals surface area contributed by atoms with Gasteiger partial charge in [0.2, 0.25) is 11.8 Å². The Morgan fingerprint density at radius 2 is 1.76 bits per heavy atom. The standard InChI is InChI=1S/C25H23BrClN3O4/c1-2-33-23-13-18(9-12-22(23)34-16-17-7-10-19(27)11-8-17)15-28-30-25(32)14-24(31)29-21-6-4-3-5-20(21)26/h3-13,15H,2,14,16H2,1H3,(H,29,31)(H,30,32). The van der Waals surface area contributed by atoms with Gasteiger partial charge in [-0.15, -0.1) is 0 Å². The van der Waals surface area contributed by atoms with Crippen LogP contribution in [0.25, 0.3) is 0 Å². The highest BCUT2D eigenvalue weighted by Gasteiger charge is 2.11. The molecule has 176 valence electrons. The van der Waals surface area contributed by atoms with Crippen molar-refractivity contribution in [2.24, 2.45) is 5.10 Å². The van der Waals surface area contributed by atoms with E-state index in [-0.39, 0.29) is 6.42 Å². The SMILES string of the molecule is CCOc1cc(C=NNC(=O)CC(=O)Nc2ccccc2Br)ccc1OCc1ccc(Cl)cc1. The first-order valence-electron chi connectivity index (χ1n) is 10.4. The van der Waals surface area contributed by atoms with Gasteiger partial charge in [-0.3, -0.25) is 9.59 Å². The van der Waals surface area contributed by atoms with Gasteiger partial charge in [0.25, 0.3) is 0 Å². The predicted octanol–water partition coefficient (Wildman–Crippen LogP) is 5.56. The molecule has 0 aliphatic rings. The van der Waals surface area contributed by atoms with Crippen molar-refractivity contribution in [3.05, 3.63) is 87.4 Å². The van der Waals surface area contributed by atoms with E-state index in [1.807, 2.05) is 37.3 Å². The lowest BCUT2D eigenvalue weighted by molar-refractivity contribution is -0.126. The Bertz CT molecular complexity index is 1170. The number of rotatable bonds is 10. The lowest BCUT2D eigenvalue weighted by Gasteiger charge is -2.12. The molecule has 0 saturated carbocycles. The number of nitrogens with zero attached hydrogens (tertiary/aromatic N) is 1. The number of hydrogen-bond donors (Lipinski definition) is 2. The molecular weight excluding hydrogens is 522 g/mol. The smallest absolute Gasteiger partial charge is 0.249 e. The Hall–Kier alpha value is -3.36. The van der Waals surface area contributed by atoms with Gasteiger partial charge in [-0.1, -0.05) is 35.9 Å². The summed E-state index contributed by atoms with van der Waals surface area (Å²) in [6.45, 7) is 2.70. The zero-order valence-corrected chi connectivity index (χ0v) is 20.7. The molecule has 0 spiro atoms. The van der Waals surface area contributed by atoms with Crippen molar-refractivity contribution in [2.75, 3.05) is 11.9 Å². The number of carbonyl (C=O) groups is 2. The molecule has 7 nitrogen and oxygen atoms in total. The first kappa shape index (κ1) is 25.3. The summed E-state index contributed by atoms with van der Waals surface area (Å²) < 4.78 is 12.3. The van der Waals surface area contributed by atoms with Gasteiger partial charge < -0.3 is 14.8 Å². The van der Waals surface area contributed by atoms with Gasteiger partial charge in [0.1, 0.15) is 13.0 Å². The molecule has 0 aromatic heterocycles. The predicted molar refractivity (Wildman–Crippen MR) is 137 cm³/mol. The molecule has 2 amide bonds. The van der Waals surface area contributed by atoms with E-state index >= 15 is 0 Å². The van der Waals surface area contributed by atoms with E-state index in [2.05, 4.69) is 31.8 Å². The van der Waals surface area contributed by atoms with E-state index < -0.39 is 11.8 Å². The molecule has 2 N–H and O–H groups in total. The molecule has 0 bridgehead atoms. The molecule has 34 heavy (non-hydrogen) atoms. The summed E-state index contributed by atoms with van der Waals surface area (Å²) >= 11 is 9.26. The normalized spacial score (nSPS) is 10.7. The van der Waals surface area contributed by atoms with Crippen molar-refractivity contribution in [2.45, 2.75) is 20.0 Å². The Balaban J connectivity index is 1.54. The van der Waals surface area contributed by atoms with E-state index in [0.29, 0.717) is 41.0 Å². The van der Waals surface area contributed by atoms with Crippen LogP contribution in [0.2, 0.25) is 5.02 Å². The van der Waals surface area contributed by atoms with Crippen LogP contribution in [0, 0.1) is 0 Å². The van der Waals surface area contributed by atoms with Gasteiger partial charge in [0.05, 0.1) is 18.5 Å². The van der Waals surface area contributed by atoms with Crippen LogP contribution in [-0.4, -0.2) is 24.6 Å². The summed E-state index contributed by atoms with van der Waals surface area (Å²) in [5, 5.41) is 7.26. The molecule has 0 radical (unpaired) electrons. The Labute approximate surface area is 211 Å². The molecule has 0 aliphatic carbocycles. The van der Waals surface area contributed by atoms with Crippen LogP contribution in [0.5, 0.6) is 11.5 Å². The number of ether oxygens (including phenoxy) is 2. The van der Waals surface area contributed by atoms with E-state index in [1.54, 1.807) is 36.4 Å². The molecule has 0 aliphatic heterocycles. The summed E-state index contributed by atoms with van der Waals surface area (Å²) in [5.41, 5.74) is 4.61. The van der Waals surface area contributed by atoms with Gasteiger partial charge >= 0.3 is 0 Å². The molecule has 0 saturated heterocycles. The third kappa shape index (κ3) is 7.90. The molecule has 0 fully saturated rings. The zero-order valence-electron chi connectivity index (χ0n) is 18.4. The van der Waals surface area contributed by atoms with Gasteiger partial charge in [-0.25, -0.2) is 5.43 Å². The molecule has 0 heterocycles. The second-order valence-electron chi connectivity index (χ2n) is 7.05. The average molecular weight is 545 g/mol. The number of nitrogens with one attached hydrogen (secondary N) is 2. The lowest BCUT2D eigenvalue weighted by Crippen LogP contribution is -2.24. The number of amides is 2. The number of halogens is 2. The number of anilines is 1. The van der Waals surface area contributed by atoms with Crippen molar-refractivity contribution < 1.29 is 19.1 Å². The van der Waals surface area contributed by atoms with E-state index in [1.165, 1.54) is 6.21 Å². The van der Waals surface area contributed by atoms with Crippen LogP contribution in [-0.2, 0) is 16.2 Å². The lowest BCUT2D eigenvalue weighted by atomic mass is 10.2. The van der Waals surface area contributed by atoms with Crippen LogP contribution >= 0.6 is 27.5 Å². The zero-order chi connectivity index (χ0) is 24.3. The monoisotopic (exact) mass is 543 g/mol. The van der Waals surface area contributed by atoms with Gasteiger partial charge in [-0.05, 0) is 76.4 Å². The fraction of sp³-hybridized carbons (Fsp3) is 0.160. The van der Waals surface area contributed by atoms with Crippen LogP contribution in [0.3, 0.4) is 0 Å². The summed E-state index contributed by atoms with van der Waals surface area (Å²) in [7, 11) is 0. The highest BCUT2D eigenvalue weighted by molar-refractivity contribution is 9.10. The van der Waals surface area contributed by atoms with Crippen molar-refractivity contribution in [3.8, 4) is 11.5 Å². The molecule has 3 rings (SSSR count). The van der Waals surface area contributed by atoms with E-state index in [4.69, 9.17) is 21.1 Å². The maximum Gasteiger partial charge on any atom is 0.249 e. The van der Waals surface area contributed by atoms with Crippen molar-refractivity contribution in [1.82, 2.24) is 5.43 Å². The number of para-hydroxylation sites is 1. The fourth-order valence-electron chi connectivity index (χ4n) is 2.86. The fourth-order valence-corrected chi connectivity index (χ4v) is 3.37. The highest BCUT2D eigenvalue weighted by Crippen LogP contribution is 2.29. The minimum Gasteiger partial charge on any atom is -0.490 e. The highest BCUT2D eigenvalue weighted by atomic mass is 79.9. The Kier molecular flexibility index (Phi) is 9.49. The van der Waals surface area contributed by atoms with E-state index in [9.17, 15) is 9.59 Å². The van der Waals surface area contributed by atoms with Gasteiger partial charge in [-0.2, -0.15) is 5.10 Å². The second kappa shape index (κ2) is 12.8. The second-order valence-corrected chi connectivity index (χ2v) is 8.34. The van der Waals surface area contributed by atoms with Crippen LogP contribution in [0.1, 0.15) is 24.5 Å².